The molecule has 1 amide bonds. The predicted molar refractivity (Wildman–Crippen MR) is 71.6 cm³/mol. The van der Waals surface area contributed by atoms with Crippen LogP contribution in [0, 0.1) is 0 Å². The van der Waals surface area contributed by atoms with E-state index in [1.165, 1.54) is 0 Å². The number of phenols is 1. The number of carbonyl (C=O) groups excluding carboxylic acids is 1. The monoisotopic (exact) mass is 259 g/mol. The van der Waals surface area contributed by atoms with Gasteiger partial charge in [0, 0.05) is 19.4 Å². The first-order chi connectivity index (χ1) is 9.08. The zero-order valence-electron chi connectivity index (χ0n) is 11.0. The third-order valence-electron chi connectivity index (χ3n) is 3.08. The highest BCUT2D eigenvalue weighted by Gasteiger charge is 2.19. The Labute approximate surface area is 111 Å². The molecule has 0 fully saturated rings. The first-order valence-electron chi connectivity index (χ1n) is 6.10. The molecule has 1 atom stereocenters. The SMILES string of the molecule is C[C@H](C(=O)N(C)Cc1ncc[nH]1)c1ccc(O)cc1. The molecule has 0 unspecified atom stereocenters. The van der Waals surface area contributed by atoms with E-state index in [0.29, 0.717) is 6.54 Å². The third kappa shape index (κ3) is 3.13. The van der Waals surface area contributed by atoms with Gasteiger partial charge in [-0.3, -0.25) is 4.79 Å². The van der Waals surface area contributed by atoms with Crippen LogP contribution in [0.2, 0.25) is 0 Å². The number of amides is 1. The third-order valence-corrected chi connectivity index (χ3v) is 3.08. The number of rotatable bonds is 4. The fourth-order valence-corrected chi connectivity index (χ4v) is 1.92. The summed E-state index contributed by atoms with van der Waals surface area (Å²) in [7, 11) is 1.75. The number of H-pyrrole nitrogens is 1. The number of aromatic hydroxyl groups is 1. The molecule has 0 aliphatic heterocycles. The molecule has 5 heteroatoms. The van der Waals surface area contributed by atoms with Crippen LogP contribution in [0.1, 0.15) is 24.2 Å². The topological polar surface area (TPSA) is 69.2 Å². The number of aromatic nitrogens is 2. The van der Waals surface area contributed by atoms with Crippen molar-refractivity contribution < 1.29 is 9.90 Å². The first kappa shape index (κ1) is 13.1. The molecule has 1 heterocycles. The molecule has 1 aromatic carbocycles. The molecule has 0 spiro atoms. The van der Waals surface area contributed by atoms with Crippen LogP contribution < -0.4 is 0 Å². The Morgan fingerprint density at radius 2 is 2.11 bits per heavy atom. The molecule has 0 saturated carbocycles. The molecule has 2 rings (SSSR count). The van der Waals surface area contributed by atoms with Crippen molar-refractivity contribution in [2.45, 2.75) is 19.4 Å². The fourth-order valence-electron chi connectivity index (χ4n) is 1.92. The van der Waals surface area contributed by atoms with E-state index >= 15 is 0 Å². The van der Waals surface area contributed by atoms with Crippen LogP contribution >= 0.6 is 0 Å². The number of benzene rings is 1. The van der Waals surface area contributed by atoms with E-state index in [1.54, 1.807) is 48.6 Å². The molecule has 2 N–H and O–H groups in total. The van der Waals surface area contributed by atoms with E-state index < -0.39 is 0 Å². The van der Waals surface area contributed by atoms with Crippen molar-refractivity contribution in [2.24, 2.45) is 0 Å². The molecule has 0 radical (unpaired) electrons. The summed E-state index contributed by atoms with van der Waals surface area (Å²) in [6.07, 6.45) is 3.40. The minimum atomic E-state index is -0.249. The van der Waals surface area contributed by atoms with E-state index in [1.807, 2.05) is 6.92 Å². The van der Waals surface area contributed by atoms with Gasteiger partial charge in [-0.05, 0) is 24.6 Å². The predicted octanol–water partition coefficient (Wildman–Crippen LogP) is 1.88. The lowest BCUT2D eigenvalue weighted by atomic mass is 10.00. The van der Waals surface area contributed by atoms with Crippen molar-refractivity contribution in [2.75, 3.05) is 7.05 Å². The maximum Gasteiger partial charge on any atom is 0.229 e. The van der Waals surface area contributed by atoms with Crippen molar-refractivity contribution in [1.29, 1.82) is 0 Å². The Bertz CT molecular complexity index is 534. The van der Waals surface area contributed by atoms with Gasteiger partial charge in [0.1, 0.15) is 11.6 Å². The molecule has 2 aromatic rings. The fraction of sp³-hybridized carbons (Fsp3) is 0.286. The standard InChI is InChI=1S/C14H17N3O2/c1-10(11-3-5-12(18)6-4-11)14(19)17(2)9-13-15-7-8-16-13/h3-8,10,18H,9H2,1-2H3,(H,15,16)/t10-/m0/s1. The van der Waals surface area contributed by atoms with Gasteiger partial charge in [-0.2, -0.15) is 0 Å². The van der Waals surface area contributed by atoms with Crippen LogP contribution in [0.3, 0.4) is 0 Å². The number of hydrogen-bond acceptors (Lipinski definition) is 3. The van der Waals surface area contributed by atoms with Crippen molar-refractivity contribution in [1.82, 2.24) is 14.9 Å². The van der Waals surface area contributed by atoms with E-state index in [4.69, 9.17) is 0 Å². The van der Waals surface area contributed by atoms with Gasteiger partial charge in [0.25, 0.3) is 0 Å². The summed E-state index contributed by atoms with van der Waals surface area (Å²) in [6, 6.07) is 6.70. The number of aromatic amines is 1. The number of hydrogen-bond donors (Lipinski definition) is 2. The molecule has 19 heavy (non-hydrogen) atoms. The van der Waals surface area contributed by atoms with E-state index in [2.05, 4.69) is 9.97 Å². The molecule has 0 saturated heterocycles. The summed E-state index contributed by atoms with van der Waals surface area (Å²) < 4.78 is 0. The second-order valence-corrected chi connectivity index (χ2v) is 4.54. The van der Waals surface area contributed by atoms with Gasteiger partial charge in [0.05, 0.1) is 12.5 Å². The minimum Gasteiger partial charge on any atom is -0.508 e. The quantitative estimate of drug-likeness (QED) is 0.880. The molecule has 5 nitrogen and oxygen atoms in total. The van der Waals surface area contributed by atoms with Gasteiger partial charge >= 0.3 is 0 Å². The normalized spacial score (nSPS) is 12.1. The average Bonchev–Trinajstić information content (AvgIpc) is 2.90. The van der Waals surface area contributed by atoms with Crippen LogP contribution in [0.25, 0.3) is 0 Å². The molecule has 0 bridgehead atoms. The van der Waals surface area contributed by atoms with Crippen LogP contribution in [0.15, 0.2) is 36.7 Å². The Morgan fingerprint density at radius 3 is 2.68 bits per heavy atom. The summed E-state index contributed by atoms with van der Waals surface area (Å²) in [6.45, 7) is 2.31. The number of phenolic OH excluding ortho intramolecular Hbond substituents is 1. The van der Waals surface area contributed by atoms with E-state index in [-0.39, 0.29) is 17.6 Å². The average molecular weight is 259 g/mol. The summed E-state index contributed by atoms with van der Waals surface area (Å²) in [5, 5.41) is 9.25. The highest BCUT2D eigenvalue weighted by Crippen LogP contribution is 2.20. The number of nitrogens with one attached hydrogen (secondary N) is 1. The van der Waals surface area contributed by atoms with Gasteiger partial charge < -0.3 is 15.0 Å². The lowest BCUT2D eigenvalue weighted by molar-refractivity contribution is -0.131. The second-order valence-electron chi connectivity index (χ2n) is 4.54. The van der Waals surface area contributed by atoms with Gasteiger partial charge in [-0.1, -0.05) is 12.1 Å². The molecular weight excluding hydrogens is 242 g/mol. The Balaban J connectivity index is 2.04. The summed E-state index contributed by atoms with van der Waals surface area (Å²) in [5.74, 6) is 0.726. The van der Waals surface area contributed by atoms with Crippen LogP contribution in [0.5, 0.6) is 5.75 Å². The minimum absolute atomic E-state index is 0.0158. The Hall–Kier alpha value is -2.30. The highest BCUT2D eigenvalue weighted by atomic mass is 16.3. The van der Waals surface area contributed by atoms with Gasteiger partial charge in [-0.15, -0.1) is 0 Å². The number of nitrogens with zero attached hydrogens (tertiary/aromatic N) is 2. The molecule has 100 valence electrons. The number of likely N-dealkylation sites (N-methyl/N-ethyl adjacent to an activating group) is 1. The lowest BCUT2D eigenvalue weighted by Gasteiger charge is -2.20. The molecule has 0 aliphatic rings. The van der Waals surface area contributed by atoms with Crippen molar-refractivity contribution >= 4 is 5.91 Å². The van der Waals surface area contributed by atoms with Crippen LogP contribution in [0.4, 0.5) is 0 Å². The van der Waals surface area contributed by atoms with Crippen LogP contribution in [-0.2, 0) is 11.3 Å². The maximum absolute atomic E-state index is 12.3. The van der Waals surface area contributed by atoms with Crippen molar-refractivity contribution in [3.05, 3.63) is 48.0 Å². The molecule has 1 aromatic heterocycles. The zero-order chi connectivity index (χ0) is 13.8. The van der Waals surface area contributed by atoms with Crippen LogP contribution in [-0.4, -0.2) is 32.9 Å². The smallest absolute Gasteiger partial charge is 0.229 e. The highest BCUT2D eigenvalue weighted by molar-refractivity contribution is 5.83. The van der Waals surface area contributed by atoms with Gasteiger partial charge in [0.2, 0.25) is 5.91 Å². The summed E-state index contributed by atoms with van der Waals surface area (Å²) in [5.41, 5.74) is 0.883. The van der Waals surface area contributed by atoms with Crippen molar-refractivity contribution in [3.8, 4) is 5.75 Å². The zero-order valence-corrected chi connectivity index (χ0v) is 11.0. The summed E-state index contributed by atoms with van der Waals surface area (Å²) in [4.78, 5) is 21.0. The first-order valence-corrected chi connectivity index (χ1v) is 6.10. The lowest BCUT2D eigenvalue weighted by Crippen LogP contribution is -2.30. The van der Waals surface area contributed by atoms with Gasteiger partial charge in [0.15, 0.2) is 0 Å². The Kier molecular flexibility index (Phi) is 3.85. The van der Waals surface area contributed by atoms with E-state index in [0.717, 1.165) is 11.4 Å². The number of imidazole rings is 1. The van der Waals surface area contributed by atoms with Crippen molar-refractivity contribution in [3.63, 3.8) is 0 Å². The maximum atomic E-state index is 12.3. The molecule has 0 aliphatic carbocycles. The Morgan fingerprint density at radius 1 is 1.42 bits per heavy atom. The molecular formula is C14H17N3O2. The largest absolute Gasteiger partial charge is 0.508 e. The van der Waals surface area contributed by atoms with E-state index in [9.17, 15) is 9.90 Å². The second kappa shape index (κ2) is 5.56. The summed E-state index contributed by atoms with van der Waals surface area (Å²) >= 11 is 0. The number of carbonyl (C=O) groups is 1. The van der Waals surface area contributed by atoms with Gasteiger partial charge in [-0.25, -0.2) is 4.98 Å².